The first-order valence-electron chi connectivity index (χ1n) is 4.92. The summed E-state index contributed by atoms with van der Waals surface area (Å²) in [4.78, 5) is 13.6. The molecule has 0 aliphatic heterocycles. The van der Waals surface area contributed by atoms with Crippen molar-refractivity contribution in [3.05, 3.63) is 28.3 Å². The Balaban J connectivity index is 2.13. The van der Waals surface area contributed by atoms with Crippen LogP contribution in [0.15, 0.2) is 12.5 Å². The zero-order chi connectivity index (χ0) is 12.3. The molecule has 9 heteroatoms. The number of anilines is 1. The van der Waals surface area contributed by atoms with E-state index in [2.05, 4.69) is 19.9 Å². The molecule has 0 radical (unpaired) electrons. The molecule has 2 aromatic rings. The van der Waals surface area contributed by atoms with E-state index in [1.165, 1.54) is 24.1 Å². The number of imidazole rings is 1. The minimum absolute atomic E-state index is 0.168. The lowest BCUT2D eigenvalue weighted by Gasteiger charge is -2.01. The summed E-state index contributed by atoms with van der Waals surface area (Å²) in [6.45, 7) is 3.17. The molecule has 0 saturated heterocycles. The maximum Gasteiger partial charge on any atom is 0.381 e. The quantitative estimate of drug-likeness (QED) is 0.634. The monoisotopic (exact) mass is 254 g/mol. The summed E-state index contributed by atoms with van der Waals surface area (Å²) in [7, 11) is 0. The molecule has 0 unspecified atom stereocenters. The summed E-state index contributed by atoms with van der Waals surface area (Å²) in [5.41, 5.74) is 0.754. The Hall–Kier alpha value is -2.03. The summed E-state index contributed by atoms with van der Waals surface area (Å²) in [5, 5.41) is 18.5. The fraction of sp³-hybridized carbons (Fsp3) is 0.375. The van der Waals surface area contributed by atoms with Crippen molar-refractivity contribution in [3.63, 3.8) is 0 Å². The molecule has 0 aliphatic rings. The van der Waals surface area contributed by atoms with Gasteiger partial charge < -0.3 is 20.0 Å². The minimum atomic E-state index is -0.527. The average molecular weight is 254 g/mol. The lowest BCUT2D eigenvalue weighted by atomic mass is 10.4. The molecular weight excluding hydrogens is 244 g/mol. The molecule has 0 saturated carbocycles. The molecule has 0 atom stereocenters. The summed E-state index contributed by atoms with van der Waals surface area (Å²) in [6, 6.07) is 0. The van der Waals surface area contributed by atoms with Crippen LogP contribution in [0.5, 0.6) is 0 Å². The van der Waals surface area contributed by atoms with E-state index in [4.69, 9.17) is 0 Å². The van der Waals surface area contributed by atoms with Crippen LogP contribution < -0.4 is 5.32 Å². The van der Waals surface area contributed by atoms with Crippen LogP contribution in [-0.4, -0.2) is 30.6 Å². The predicted molar refractivity (Wildman–Crippen MR) is 62.1 cm³/mol. The first-order chi connectivity index (χ1) is 8.20. The van der Waals surface area contributed by atoms with Gasteiger partial charge in [-0.2, -0.15) is 0 Å². The van der Waals surface area contributed by atoms with Crippen molar-refractivity contribution in [2.24, 2.45) is 0 Å². The van der Waals surface area contributed by atoms with Gasteiger partial charge in [-0.1, -0.05) is 4.49 Å². The van der Waals surface area contributed by atoms with Gasteiger partial charge in [-0.05, 0) is 16.8 Å². The van der Waals surface area contributed by atoms with E-state index in [0.717, 1.165) is 17.2 Å². The molecule has 8 nitrogen and oxygen atoms in total. The summed E-state index contributed by atoms with van der Waals surface area (Å²) < 4.78 is 5.45. The molecule has 17 heavy (non-hydrogen) atoms. The first kappa shape index (κ1) is 11.5. The number of nitrogens with one attached hydrogen (secondary N) is 1. The van der Waals surface area contributed by atoms with Gasteiger partial charge in [-0.25, -0.2) is 0 Å². The lowest BCUT2D eigenvalue weighted by molar-refractivity contribution is -0.389. The molecule has 90 valence electrons. The van der Waals surface area contributed by atoms with E-state index >= 15 is 0 Å². The Morgan fingerprint density at radius 3 is 3.12 bits per heavy atom. The highest BCUT2D eigenvalue weighted by Gasteiger charge is 2.13. The van der Waals surface area contributed by atoms with Crippen molar-refractivity contribution in [1.82, 2.24) is 19.1 Å². The van der Waals surface area contributed by atoms with Crippen LogP contribution in [0.3, 0.4) is 0 Å². The van der Waals surface area contributed by atoms with Gasteiger partial charge in [0, 0.05) is 18.1 Å². The molecule has 0 fully saturated rings. The maximum atomic E-state index is 10.5. The number of hydrogen-bond donors (Lipinski definition) is 1. The van der Waals surface area contributed by atoms with Crippen molar-refractivity contribution in [3.8, 4) is 0 Å². The number of nitrogens with zero attached hydrogens (tertiary/aromatic N) is 5. The Kier molecular flexibility index (Phi) is 3.28. The second-order valence-corrected chi connectivity index (χ2v) is 3.99. The van der Waals surface area contributed by atoms with E-state index < -0.39 is 4.92 Å². The van der Waals surface area contributed by atoms with E-state index in [9.17, 15) is 10.1 Å². The third kappa shape index (κ3) is 2.56. The smallest absolute Gasteiger partial charge is 0.374 e. The standard InChI is InChI=1S/C8H10N6O2S/c1-2-9-8-6(11-12-17-8)3-13-4-7(10-5-13)14(15)16/h4-5,9H,2-3H2,1H3. The number of hydrogen-bond acceptors (Lipinski definition) is 7. The molecular formula is C8H10N6O2S. The van der Waals surface area contributed by atoms with E-state index in [1.54, 1.807) is 4.57 Å². The van der Waals surface area contributed by atoms with Crippen molar-refractivity contribution >= 4 is 22.4 Å². The van der Waals surface area contributed by atoms with Crippen molar-refractivity contribution in [2.75, 3.05) is 11.9 Å². The van der Waals surface area contributed by atoms with Gasteiger partial charge in [0.1, 0.15) is 16.9 Å². The highest BCUT2D eigenvalue weighted by atomic mass is 32.1. The molecule has 2 heterocycles. The fourth-order valence-electron chi connectivity index (χ4n) is 1.31. The van der Waals surface area contributed by atoms with E-state index in [-0.39, 0.29) is 5.82 Å². The van der Waals surface area contributed by atoms with Crippen LogP contribution in [0, 0.1) is 10.1 Å². The van der Waals surface area contributed by atoms with Gasteiger partial charge >= 0.3 is 5.82 Å². The van der Waals surface area contributed by atoms with Crippen molar-refractivity contribution in [2.45, 2.75) is 13.5 Å². The van der Waals surface area contributed by atoms with Gasteiger partial charge in [0.25, 0.3) is 0 Å². The van der Waals surface area contributed by atoms with Crippen LogP contribution in [-0.2, 0) is 6.54 Å². The topological polar surface area (TPSA) is 98.8 Å². The Morgan fingerprint density at radius 2 is 2.47 bits per heavy atom. The Bertz CT molecular complexity index is 522. The SMILES string of the molecule is CCNc1snnc1Cn1cnc([N+](=O)[O-])c1. The molecule has 0 aromatic carbocycles. The molecule has 0 spiro atoms. The van der Waals surface area contributed by atoms with Gasteiger partial charge in [0.05, 0.1) is 6.54 Å². The number of aromatic nitrogens is 4. The van der Waals surface area contributed by atoms with Gasteiger partial charge in [0.2, 0.25) is 6.33 Å². The second kappa shape index (κ2) is 4.87. The predicted octanol–water partition coefficient (Wildman–Crippen LogP) is 1.12. The molecule has 2 rings (SSSR count). The van der Waals surface area contributed by atoms with Crippen LogP contribution in [0.25, 0.3) is 0 Å². The normalized spacial score (nSPS) is 10.4. The molecule has 0 aliphatic carbocycles. The maximum absolute atomic E-state index is 10.5. The third-order valence-corrected chi connectivity index (χ3v) is 2.76. The molecule has 0 amide bonds. The summed E-state index contributed by atoms with van der Waals surface area (Å²) in [5.74, 6) is -0.168. The van der Waals surface area contributed by atoms with Crippen molar-refractivity contribution in [1.29, 1.82) is 0 Å². The highest BCUT2D eigenvalue weighted by Crippen LogP contribution is 2.19. The Labute approximate surface area is 101 Å². The van der Waals surface area contributed by atoms with Gasteiger partial charge in [-0.15, -0.1) is 5.10 Å². The van der Waals surface area contributed by atoms with Gasteiger partial charge in [0.15, 0.2) is 0 Å². The lowest BCUT2D eigenvalue weighted by Crippen LogP contribution is -2.02. The van der Waals surface area contributed by atoms with Crippen LogP contribution >= 0.6 is 11.5 Å². The summed E-state index contributed by atoms with van der Waals surface area (Å²) >= 11 is 1.27. The second-order valence-electron chi connectivity index (χ2n) is 3.24. The van der Waals surface area contributed by atoms with Crippen LogP contribution in [0.1, 0.15) is 12.6 Å². The average Bonchev–Trinajstić information content (AvgIpc) is 2.90. The van der Waals surface area contributed by atoms with Crippen LogP contribution in [0.2, 0.25) is 0 Å². The molecule has 2 aromatic heterocycles. The fourth-order valence-corrected chi connectivity index (χ4v) is 1.95. The van der Waals surface area contributed by atoms with Gasteiger partial charge in [-0.3, -0.25) is 0 Å². The number of nitro groups is 1. The Morgan fingerprint density at radius 1 is 1.65 bits per heavy atom. The number of rotatable bonds is 5. The minimum Gasteiger partial charge on any atom is -0.374 e. The zero-order valence-electron chi connectivity index (χ0n) is 9.03. The third-order valence-electron chi connectivity index (χ3n) is 2.03. The molecule has 0 bridgehead atoms. The van der Waals surface area contributed by atoms with Crippen LogP contribution in [0.4, 0.5) is 10.8 Å². The zero-order valence-corrected chi connectivity index (χ0v) is 9.85. The highest BCUT2D eigenvalue weighted by molar-refractivity contribution is 7.10. The first-order valence-corrected chi connectivity index (χ1v) is 5.69. The molecule has 1 N–H and O–H groups in total. The van der Waals surface area contributed by atoms with Crippen molar-refractivity contribution < 1.29 is 4.92 Å². The summed E-state index contributed by atoms with van der Waals surface area (Å²) in [6.07, 6.45) is 2.78. The van der Waals surface area contributed by atoms with E-state index in [1.807, 2.05) is 6.92 Å². The largest absolute Gasteiger partial charge is 0.381 e. The van der Waals surface area contributed by atoms with E-state index in [0.29, 0.717) is 6.54 Å².